The maximum atomic E-state index is 12.7. The van der Waals surface area contributed by atoms with Crippen LogP contribution in [0, 0.1) is 6.92 Å². The molecule has 2 aromatic carbocycles. The van der Waals surface area contributed by atoms with Gasteiger partial charge in [0, 0.05) is 21.4 Å². The van der Waals surface area contributed by atoms with Crippen molar-refractivity contribution in [1.29, 1.82) is 0 Å². The summed E-state index contributed by atoms with van der Waals surface area (Å²) >= 11 is 9.32. The molecule has 1 aromatic heterocycles. The number of hydrogen-bond donors (Lipinski definition) is 2. The van der Waals surface area contributed by atoms with Crippen LogP contribution >= 0.6 is 27.5 Å². The van der Waals surface area contributed by atoms with Gasteiger partial charge in [0.15, 0.2) is 0 Å². The maximum Gasteiger partial charge on any atom is 0.345 e. The van der Waals surface area contributed by atoms with Gasteiger partial charge >= 0.3 is 6.03 Å². The molecule has 0 saturated carbocycles. The third-order valence-corrected chi connectivity index (χ3v) is 4.63. The number of carbonyl (C=O) groups is 1. The smallest absolute Gasteiger partial charge is 0.345 e. The molecule has 2 amide bonds. The molecule has 0 radical (unpaired) electrons. The van der Waals surface area contributed by atoms with Crippen molar-refractivity contribution in [2.24, 2.45) is 4.99 Å². The SMILES string of the molecule is COc1ccc(Br)cc1NC(=O)/N=C/c1c(C)[nH]n(-c2cccc(Cl)c2)c1=O. The van der Waals surface area contributed by atoms with Gasteiger partial charge in [0.1, 0.15) is 5.75 Å². The van der Waals surface area contributed by atoms with Crippen molar-refractivity contribution >= 4 is 45.5 Å². The quantitative estimate of drug-likeness (QED) is 0.556. The van der Waals surface area contributed by atoms with Crippen molar-refractivity contribution in [3.63, 3.8) is 0 Å². The van der Waals surface area contributed by atoms with E-state index < -0.39 is 6.03 Å². The zero-order valence-corrected chi connectivity index (χ0v) is 17.3. The Bertz CT molecular complexity index is 1120. The predicted molar refractivity (Wildman–Crippen MR) is 113 cm³/mol. The van der Waals surface area contributed by atoms with Gasteiger partial charge in [-0.05, 0) is 43.3 Å². The lowest BCUT2D eigenvalue weighted by molar-refractivity contribution is 0.259. The highest BCUT2D eigenvalue weighted by Gasteiger charge is 2.12. The number of amides is 2. The van der Waals surface area contributed by atoms with Gasteiger partial charge in [0.2, 0.25) is 0 Å². The number of methoxy groups -OCH3 is 1. The highest BCUT2D eigenvalue weighted by molar-refractivity contribution is 9.10. The number of carbonyl (C=O) groups excluding carboxylic acids is 1. The summed E-state index contributed by atoms with van der Waals surface area (Å²) < 4.78 is 7.33. The molecular weight excluding hydrogens is 448 g/mol. The van der Waals surface area contributed by atoms with Crippen LogP contribution < -0.4 is 15.6 Å². The van der Waals surface area contributed by atoms with Gasteiger partial charge in [-0.25, -0.2) is 14.5 Å². The number of aromatic amines is 1. The molecule has 144 valence electrons. The highest BCUT2D eigenvalue weighted by Crippen LogP contribution is 2.27. The maximum absolute atomic E-state index is 12.7. The van der Waals surface area contributed by atoms with Crippen molar-refractivity contribution in [3.05, 3.63) is 73.6 Å². The van der Waals surface area contributed by atoms with Gasteiger partial charge in [-0.2, -0.15) is 0 Å². The number of aryl methyl sites for hydroxylation is 1. The third kappa shape index (κ3) is 4.35. The molecule has 28 heavy (non-hydrogen) atoms. The molecule has 0 spiro atoms. The van der Waals surface area contributed by atoms with E-state index in [0.717, 1.165) is 4.47 Å². The van der Waals surface area contributed by atoms with E-state index in [0.29, 0.717) is 27.8 Å². The minimum Gasteiger partial charge on any atom is -0.495 e. The number of ether oxygens (including phenoxy) is 1. The van der Waals surface area contributed by atoms with Crippen molar-refractivity contribution in [1.82, 2.24) is 9.78 Å². The molecular formula is C19H16BrClN4O3. The number of nitrogens with one attached hydrogen (secondary N) is 2. The normalized spacial score (nSPS) is 11.0. The summed E-state index contributed by atoms with van der Waals surface area (Å²) in [7, 11) is 1.50. The fourth-order valence-electron chi connectivity index (χ4n) is 2.56. The first-order valence-electron chi connectivity index (χ1n) is 8.15. The number of aliphatic imine (C=N–C) groups is 1. The molecule has 3 rings (SSSR count). The van der Waals surface area contributed by atoms with Gasteiger partial charge in [0.05, 0.1) is 24.0 Å². The number of nitrogens with zero attached hydrogens (tertiary/aromatic N) is 2. The molecule has 1 heterocycles. The molecule has 0 fully saturated rings. The molecule has 0 atom stereocenters. The Morgan fingerprint density at radius 1 is 1.32 bits per heavy atom. The number of H-pyrrole nitrogens is 1. The summed E-state index contributed by atoms with van der Waals surface area (Å²) in [5.41, 5.74) is 1.55. The van der Waals surface area contributed by atoms with Crippen LogP contribution in [0.3, 0.4) is 0 Å². The van der Waals surface area contributed by atoms with Crippen LogP contribution in [0.2, 0.25) is 5.02 Å². The lowest BCUT2D eigenvalue weighted by Crippen LogP contribution is -2.17. The summed E-state index contributed by atoms with van der Waals surface area (Å²) in [6.07, 6.45) is 1.23. The molecule has 0 aliphatic rings. The van der Waals surface area contributed by atoms with Crippen LogP contribution in [-0.4, -0.2) is 29.1 Å². The number of halogens is 2. The van der Waals surface area contributed by atoms with E-state index in [9.17, 15) is 9.59 Å². The van der Waals surface area contributed by atoms with Gasteiger partial charge in [-0.15, -0.1) is 0 Å². The summed E-state index contributed by atoms with van der Waals surface area (Å²) in [5, 5.41) is 6.09. The molecule has 2 N–H and O–H groups in total. The number of benzene rings is 2. The topological polar surface area (TPSA) is 88.5 Å². The number of anilines is 1. The minimum absolute atomic E-state index is 0.274. The van der Waals surface area contributed by atoms with E-state index >= 15 is 0 Å². The number of aromatic nitrogens is 2. The van der Waals surface area contributed by atoms with Crippen molar-refractivity contribution < 1.29 is 9.53 Å². The Hall–Kier alpha value is -2.84. The monoisotopic (exact) mass is 462 g/mol. The lowest BCUT2D eigenvalue weighted by Gasteiger charge is -2.08. The van der Waals surface area contributed by atoms with Gasteiger partial charge in [-0.1, -0.05) is 33.6 Å². The van der Waals surface area contributed by atoms with Gasteiger partial charge < -0.3 is 10.1 Å². The van der Waals surface area contributed by atoms with Gasteiger partial charge in [0.25, 0.3) is 5.56 Å². The predicted octanol–water partition coefficient (Wildman–Crippen LogP) is 4.55. The molecule has 0 unspecified atom stereocenters. The van der Waals surface area contributed by atoms with Crippen molar-refractivity contribution in [2.45, 2.75) is 6.92 Å². The van der Waals surface area contributed by atoms with Gasteiger partial charge in [-0.3, -0.25) is 9.89 Å². The van der Waals surface area contributed by atoms with Crippen LogP contribution in [-0.2, 0) is 0 Å². The zero-order chi connectivity index (χ0) is 20.3. The Balaban J connectivity index is 1.84. The first-order chi connectivity index (χ1) is 13.4. The minimum atomic E-state index is -0.634. The third-order valence-electron chi connectivity index (χ3n) is 3.90. The van der Waals surface area contributed by atoms with E-state index in [-0.39, 0.29) is 11.1 Å². The Morgan fingerprint density at radius 3 is 2.82 bits per heavy atom. The van der Waals surface area contributed by atoms with Crippen LogP contribution in [0.4, 0.5) is 10.5 Å². The Labute approximate surface area is 174 Å². The van der Waals surface area contributed by atoms with E-state index in [4.69, 9.17) is 16.3 Å². The Kier molecular flexibility index (Phi) is 6.01. The standard InChI is InChI=1S/C19H16BrClN4O3/c1-11-15(18(26)25(24-11)14-5-3-4-13(21)9-14)10-22-19(27)23-16-8-12(20)6-7-17(16)28-2/h3-10,24H,1-2H3,(H,23,27)/b22-10+. The fourth-order valence-corrected chi connectivity index (χ4v) is 3.10. The largest absolute Gasteiger partial charge is 0.495 e. The van der Waals surface area contributed by atoms with Crippen LogP contribution in [0.1, 0.15) is 11.3 Å². The van der Waals surface area contributed by atoms with Crippen molar-refractivity contribution in [2.75, 3.05) is 12.4 Å². The van der Waals surface area contributed by atoms with E-state index in [2.05, 4.69) is 31.3 Å². The Morgan fingerprint density at radius 2 is 2.11 bits per heavy atom. The summed E-state index contributed by atoms with van der Waals surface area (Å²) in [6.45, 7) is 1.72. The van der Waals surface area contributed by atoms with Crippen LogP contribution in [0.15, 0.2) is 56.7 Å². The summed E-state index contributed by atoms with van der Waals surface area (Å²) in [6, 6.07) is 11.4. The number of hydrogen-bond acceptors (Lipinski definition) is 3. The molecule has 0 saturated heterocycles. The number of urea groups is 1. The molecule has 3 aromatic rings. The molecule has 0 bridgehead atoms. The molecule has 0 aliphatic carbocycles. The second-order valence-corrected chi connectivity index (χ2v) is 7.16. The van der Waals surface area contributed by atoms with E-state index in [1.165, 1.54) is 18.0 Å². The molecule has 9 heteroatoms. The average molecular weight is 464 g/mol. The second kappa shape index (κ2) is 8.45. The second-order valence-electron chi connectivity index (χ2n) is 5.80. The zero-order valence-electron chi connectivity index (χ0n) is 15.0. The fraction of sp³-hybridized carbons (Fsp3) is 0.105. The summed E-state index contributed by atoms with van der Waals surface area (Å²) in [4.78, 5) is 28.7. The molecule has 7 nitrogen and oxygen atoms in total. The number of rotatable bonds is 4. The average Bonchev–Trinajstić information content (AvgIpc) is 2.94. The lowest BCUT2D eigenvalue weighted by atomic mass is 10.3. The first kappa shape index (κ1) is 19.9. The van der Waals surface area contributed by atoms with Crippen LogP contribution in [0.5, 0.6) is 5.75 Å². The first-order valence-corrected chi connectivity index (χ1v) is 9.32. The molecule has 0 aliphatic heterocycles. The van der Waals surface area contributed by atoms with Crippen molar-refractivity contribution in [3.8, 4) is 11.4 Å². The van der Waals surface area contributed by atoms with E-state index in [1.807, 2.05) is 0 Å². The van der Waals surface area contributed by atoms with E-state index in [1.54, 1.807) is 49.4 Å². The summed E-state index contributed by atoms with van der Waals surface area (Å²) in [5.74, 6) is 0.493. The highest BCUT2D eigenvalue weighted by atomic mass is 79.9. The van der Waals surface area contributed by atoms with Crippen LogP contribution in [0.25, 0.3) is 5.69 Å².